The maximum Gasteiger partial charge on any atom is 0.227 e. The van der Waals surface area contributed by atoms with E-state index < -0.39 is 0 Å². The first-order valence-corrected chi connectivity index (χ1v) is 6.26. The Labute approximate surface area is 109 Å². The number of hydrogen-bond acceptors (Lipinski definition) is 3. The largest absolute Gasteiger partial charge is 0.496 e. The molecule has 0 saturated heterocycles. The van der Waals surface area contributed by atoms with Crippen molar-refractivity contribution in [1.29, 1.82) is 0 Å². The Hall–Kier alpha value is -1.55. The van der Waals surface area contributed by atoms with Gasteiger partial charge in [0, 0.05) is 12.6 Å². The number of aryl methyl sites for hydroxylation is 1. The predicted molar refractivity (Wildman–Crippen MR) is 72.9 cm³/mol. The zero-order valence-electron chi connectivity index (χ0n) is 11.3. The first-order valence-electron chi connectivity index (χ1n) is 6.26. The molecule has 1 rings (SSSR count). The number of carbonyl (C=O) groups is 1. The lowest BCUT2D eigenvalue weighted by molar-refractivity contribution is -0.122. The molecule has 1 unspecified atom stereocenters. The molecule has 0 aliphatic rings. The van der Waals surface area contributed by atoms with Crippen molar-refractivity contribution in [2.75, 3.05) is 20.7 Å². The van der Waals surface area contributed by atoms with Gasteiger partial charge in [-0.1, -0.05) is 19.1 Å². The Morgan fingerprint density at radius 2 is 2.22 bits per heavy atom. The maximum atomic E-state index is 11.9. The molecule has 0 aliphatic heterocycles. The van der Waals surface area contributed by atoms with Gasteiger partial charge in [-0.25, -0.2) is 0 Å². The molecule has 3 N–H and O–H groups in total. The topological polar surface area (TPSA) is 64.3 Å². The van der Waals surface area contributed by atoms with Crippen molar-refractivity contribution in [2.45, 2.75) is 25.7 Å². The average Bonchev–Trinajstić information content (AvgIpc) is 2.43. The summed E-state index contributed by atoms with van der Waals surface area (Å²) in [4.78, 5) is 11.9. The molecular formula is C14H22N2O2. The zero-order valence-corrected chi connectivity index (χ0v) is 11.3. The van der Waals surface area contributed by atoms with Crippen LogP contribution in [0.15, 0.2) is 18.2 Å². The quantitative estimate of drug-likeness (QED) is 0.803. The number of hydrogen-bond donors (Lipinski definition) is 2. The molecule has 0 saturated carbocycles. The molecule has 0 bridgehead atoms. The smallest absolute Gasteiger partial charge is 0.227 e. The summed E-state index contributed by atoms with van der Waals surface area (Å²) in [7, 11) is 3.26. The molecule has 0 heterocycles. The van der Waals surface area contributed by atoms with Gasteiger partial charge in [0.05, 0.1) is 13.0 Å². The molecule has 1 aromatic carbocycles. The average molecular weight is 250 g/mol. The van der Waals surface area contributed by atoms with Gasteiger partial charge in [-0.2, -0.15) is 0 Å². The molecule has 1 atom stereocenters. The first kappa shape index (κ1) is 14.5. The minimum absolute atomic E-state index is 0.0213. The van der Waals surface area contributed by atoms with Crippen molar-refractivity contribution in [1.82, 2.24) is 5.32 Å². The van der Waals surface area contributed by atoms with E-state index in [0.717, 1.165) is 17.7 Å². The highest BCUT2D eigenvalue weighted by molar-refractivity contribution is 5.84. The molecule has 4 nitrogen and oxygen atoms in total. The summed E-state index contributed by atoms with van der Waals surface area (Å²) in [6.07, 6.45) is 1.54. The van der Waals surface area contributed by atoms with E-state index in [1.807, 2.05) is 18.2 Å². The normalized spacial score (nSPS) is 12.0. The summed E-state index contributed by atoms with van der Waals surface area (Å²) in [6.45, 7) is 2.56. The van der Waals surface area contributed by atoms with E-state index in [9.17, 15) is 4.79 Å². The second-order valence-corrected chi connectivity index (χ2v) is 4.17. The van der Waals surface area contributed by atoms with E-state index in [1.165, 1.54) is 5.56 Å². The van der Waals surface area contributed by atoms with Gasteiger partial charge in [-0.3, -0.25) is 4.79 Å². The van der Waals surface area contributed by atoms with E-state index in [4.69, 9.17) is 10.5 Å². The second-order valence-electron chi connectivity index (χ2n) is 4.17. The lowest BCUT2D eigenvalue weighted by Gasteiger charge is -2.19. The Bertz CT molecular complexity index is 405. The lowest BCUT2D eigenvalue weighted by atomic mass is 9.92. The van der Waals surface area contributed by atoms with Gasteiger partial charge in [-0.15, -0.1) is 0 Å². The van der Waals surface area contributed by atoms with Crippen LogP contribution in [-0.4, -0.2) is 26.6 Å². The van der Waals surface area contributed by atoms with Gasteiger partial charge in [0.15, 0.2) is 0 Å². The van der Waals surface area contributed by atoms with Gasteiger partial charge in [0.2, 0.25) is 5.91 Å². The fourth-order valence-electron chi connectivity index (χ4n) is 2.04. The van der Waals surface area contributed by atoms with Crippen LogP contribution in [0.1, 0.15) is 30.4 Å². The summed E-state index contributed by atoms with van der Waals surface area (Å²) in [5.74, 6) is 0.475. The Kier molecular flexibility index (Phi) is 5.65. The summed E-state index contributed by atoms with van der Waals surface area (Å²) < 4.78 is 5.35. The highest BCUT2D eigenvalue weighted by Gasteiger charge is 2.22. The van der Waals surface area contributed by atoms with Crippen molar-refractivity contribution < 1.29 is 9.53 Å². The van der Waals surface area contributed by atoms with Crippen LogP contribution >= 0.6 is 0 Å². The van der Waals surface area contributed by atoms with E-state index in [-0.39, 0.29) is 11.8 Å². The Balaban J connectivity index is 3.19. The second kappa shape index (κ2) is 7.01. The highest BCUT2D eigenvalue weighted by Crippen LogP contribution is 2.30. The van der Waals surface area contributed by atoms with E-state index in [2.05, 4.69) is 12.2 Å². The first-order chi connectivity index (χ1) is 8.67. The number of rotatable bonds is 6. The number of carbonyl (C=O) groups excluding carboxylic acids is 1. The van der Waals surface area contributed by atoms with Gasteiger partial charge in [0.25, 0.3) is 0 Å². The predicted octanol–water partition coefficient (Wildman–Crippen LogP) is 1.44. The van der Waals surface area contributed by atoms with E-state index in [0.29, 0.717) is 13.0 Å². The summed E-state index contributed by atoms with van der Waals surface area (Å²) in [6, 6.07) is 5.97. The van der Waals surface area contributed by atoms with Gasteiger partial charge in [0.1, 0.15) is 5.75 Å². The van der Waals surface area contributed by atoms with Crippen LogP contribution < -0.4 is 15.8 Å². The SMILES string of the molecule is CCc1ccc(OC)c(C(CCN)C(=O)NC)c1. The van der Waals surface area contributed by atoms with Crippen molar-refractivity contribution in [2.24, 2.45) is 5.73 Å². The molecule has 4 heteroatoms. The minimum Gasteiger partial charge on any atom is -0.496 e. The lowest BCUT2D eigenvalue weighted by Crippen LogP contribution is -2.28. The fraction of sp³-hybridized carbons (Fsp3) is 0.500. The van der Waals surface area contributed by atoms with Crippen molar-refractivity contribution >= 4 is 5.91 Å². The van der Waals surface area contributed by atoms with Crippen LogP contribution in [0.4, 0.5) is 0 Å². The molecule has 0 spiro atoms. The molecule has 100 valence electrons. The van der Waals surface area contributed by atoms with Gasteiger partial charge in [-0.05, 0) is 31.0 Å². The molecule has 1 aromatic rings. The third-order valence-corrected chi connectivity index (χ3v) is 3.10. The standard InChI is InChI=1S/C14H22N2O2/c1-4-10-5-6-13(18-3)12(9-10)11(7-8-15)14(17)16-2/h5-6,9,11H,4,7-8,15H2,1-3H3,(H,16,17). The summed E-state index contributed by atoms with van der Waals surface area (Å²) >= 11 is 0. The molecule has 1 amide bonds. The van der Waals surface area contributed by atoms with Crippen LogP contribution in [0.3, 0.4) is 0 Å². The third kappa shape index (κ3) is 3.23. The number of benzene rings is 1. The van der Waals surface area contributed by atoms with Crippen LogP contribution in [0, 0.1) is 0 Å². The fourth-order valence-corrected chi connectivity index (χ4v) is 2.04. The van der Waals surface area contributed by atoms with Crippen LogP contribution in [-0.2, 0) is 11.2 Å². The Morgan fingerprint density at radius 3 is 2.72 bits per heavy atom. The molecule has 0 aromatic heterocycles. The summed E-state index contributed by atoms with van der Waals surface area (Å²) in [5.41, 5.74) is 7.71. The van der Waals surface area contributed by atoms with Crippen molar-refractivity contribution in [3.8, 4) is 5.75 Å². The Morgan fingerprint density at radius 1 is 1.50 bits per heavy atom. The number of nitrogens with one attached hydrogen (secondary N) is 1. The van der Waals surface area contributed by atoms with Crippen molar-refractivity contribution in [3.05, 3.63) is 29.3 Å². The van der Waals surface area contributed by atoms with E-state index in [1.54, 1.807) is 14.2 Å². The van der Waals surface area contributed by atoms with Crippen LogP contribution in [0.5, 0.6) is 5.75 Å². The van der Waals surface area contributed by atoms with Crippen LogP contribution in [0.25, 0.3) is 0 Å². The van der Waals surface area contributed by atoms with E-state index >= 15 is 0 Å². The third-order valence-electron chi connectivity index (χ3n) is 3.10. The number of amides is 1. The molecule has 0 radical (unpaired) electrons. The van der Waals surface area contributed by atoms with Crippen LogP contribution in [0.2, 0.25) is 0 Å². The summed E-state index contributed by atoms with van der Waals surface area (Å²) in [5, 5.41) is 2.69. The highest BCUT2D eigenvalue weighted by atomic mass is 16.5. The van der Waals surface area contributed by atoms with Gasteiger partial charge >= 0.3 is 0 Å². The number of methoxy groups -OCH3 is 1. The molecule has 0 aliphatic carbocycles. The molecule has 18 heavy (non-hydrogen) atoms. The number of likely N-dealkylation sites (N-methyl/N-ethyl adjacent to an activating group) is 1. The zero-order chi connectivity index (χ0) is 13.5. The monoisotopic (exact) mass is 250 g/mol. The minimum atomic E-state index is -0.249. The van der Waals surface area contributed by atoms with Gasteiger partial charge < -0.3 is 15.8 Å². The molecule has 0 fully saturated rings. The maximum absolute atomic E-state index is 11.9. The molecular weight excluding hydrogens is 228 g/mol. The number of ether oxygens (including phenoxy) is 1. The van der Waals surface area contributed by atoms with Crippen molar-refractivity contribution in [3.63, 3.8) is 0 Å². The number of nitrogens with two attached hydrogens (primary N) is 1.